The Labute approximate surface area is 154 Å². The lowest BCUT2D eigenvalue weighted by atomic mass is 9.73. The summed E-state index contributed by atoms with van der Waals surface area (Å²) in [6.07, 6.45) is 7.75. The molecule has 2 saturated heterocycles. The van der Waals surface area contributed by atoms with Crippen LogP contribution in [0.25, 0.3) is 0 Å². The van der Waals surface area contributed by atoms with Gasteiger partial charge in [0.25, 0.3) is 5.91 Å². The first-order valence-electron chi connectivity index (χ1n) is 9.66. The topological polar surface area (TPSA) is 62.7 Å². The molecular formula is C20H27N3O3. The summed E-state index contributed by atoms with van der Waals surface area (Å²) in [7, 11) is 1.56. The number of hydrogen-bond donors (Lipinski definition) is 0. The lowest BCUT2D eigenvalue weighted by Gasteiger charge is -2.48. The van der Waals surface area contributed by atoms with Gasteiger partial charge in [-0.1, -0.05) is 0 Å². The van der Waals surface area contributed by atoms with E-state index in [2.05, 4.69) is 9.88 Å². The van der Waals surface area contributed by atoms with Gasteiger partial charge in [0, 0.05) is 55.8 Å². The number of pyridine rings is 1. The van der Waals surface area contributed by atoms with Gasteiger partial charge in [-0.2, -0.15) is 0 Å². The maximum atomic E-state index is 13.0. The molecule has 6 nitrogen and oxygen atoms in total. The molecule has 2 amide bonds. The summed E-state index contributed by atoms with van der Waals surface area (Å²) in [6, 6.07) is 3.45. The minimum atomic E-state index is 0.0374. The highest BCUT2D eigenvalue weighted by Gasteiger charge is 2.43. The molecule has 6 heteroatoms. The lowest BCUT2D eigenvalue weighted by molar-refractivity contribution is -0.139. The predicted molar refractivity (Wildman–Crippen MR) is 96.9 cm³/mol. The van der Waals surface area contributed by atoms with Crippen LogP contribution in [0, 0.1) is 11.3 Å². The average Bonchev–Trinajstić information content (AvgIpc) is 3.48. The Morgan fingerprint density at radius 2 is 2.19 bits per heavy atom. The second-order valence-corrected chi connectivity index (χ2v) is 8.13. The van der Waals surface area contributed by atoms with Crippen molar-refractivity contribution in [2.24, 2.45) is 11.3 Å². The molecule has 3 fully saturated rings. The van der Waals surface area contributed by atoms with Gasteiger partial charge in [-0.05, 0) is 44.1 Å². The van der Waals surface area contributed by atoms with E-state index >= 15 is 0 Å². The molecule has 4 rings (SSSR count). The maximum Gasteiger partial charge on any atom is 0.254 e. The number of hydrogen-bond acceptors (Lipinski definition) is 4. The van der Waals surface area contributed by atoms with Gasteiger partial charge in [0.05, 0.1) is 7.11 Å². The van der Waals surface area contributed by atoms with Crippen molar-refractivity contribution in [1.29, 1.82) is 0 Å². The summed E-state index contributed by atoms with van der Waals surface area (Å²) in [5, 5.41) is 0. The van der Waals surface area contributed by atoms with Crippen LogP contribution in [-0.4, -0.2) is 59.9 Å². The molecule has 0 aromatic carbocycles. The number of methoxy groups -OCH3 is 1. The molecule has 2 aliphatic heterocycles. The summed E-state index contributed by atoms with van der Waals surface area (Å²) >= 11 is 0. The molecule has 1 aromatic rings. The lowest BCUT2D eigenvalue weighted by Crippen LogP contribution is -2.55. The molecule has 1 aliphatic carbocycles. The predicted octanol–water partition coefficient (Wildman–Crippen LogP) is 2.35. The van der Waals surface area contributed by atoms with E-state index in [1.54, 1.807) is 25.4 Å². The van der Waals surface area contributed by atoms with Crippen LogP contribution in [0.15, 0.2) is 18.3 Å². The molecule has 1 atom stereocenters. The van der Waals surface area contributed by atoms with Gasteiger partial charge in [0.15, 0.2) is 0 Å². The summed E-state index contributed by atoms with van der Waals surface area (Å²) in [6.45, 7) is 3.24. The van der Waals surface area contributed by atoms with Crippen molar-refractivity contribution in [2.75, 3.05) is 33.3 Å². The van der Waals surface area contributed by atoms with Gasteiger partial charge in [-0.25, -0.2) is 4.98 Å². The van der Waals surface area contributed by atoms with E-state index in [0.29, 0.717) is 29.7 Å². The van der Waals surface area contributed by atoms with Gasteiger partial charge in [0.1, 0.15) is 0 Å². The summed E-state index contributed by atoms with van der Waals surface area (Å²) in [5.41, 5.74) is 0.684. The van der Waals surface area contributed by atoms with Crippen LogP contribution >= 0.6 is 0 Å². The quantitative estimate of drug-likeness (QED) is 0.830. The van der Waals surface area contributed by atoms with Crippen LogP contribution < -0.4 is 4.74 Å². The molecule has 1 aromatic heterocycles. The van der Waals surface area contributed by atoms with Crippen molar-refractivity contribution >= 4 is 11.8 Å². The zero-order chi connectivity index (χ0) is 18.1. The molecule has 1 saturated carbocycles. The summed E-state index contributed by atoms with van der Waals surface area (Å²) < 4.78 is 5.14. The van der Waals surface area contributed by atoms with Crippen LogP contribution in [0.4, 0.5) is 0 Å². The van der Waals surface area contributed by atoms with E-state index in [1.807, 2.05) is 4.90 Å². The Balaban J connectivity index is 1.47. The Kier molecular flexibility index (Phi) is 4.59. The van der Waals surface area contributed by atoms with Crippen LogP contribution in [0.3, 0.4) is 0 Å². The number of amides is 2. The number of carbonyl (C=O) groups excluding carboxylic acids is 2. The highest BCUT2D eigenvalue weighted by molar-refractivity contribution is 5.94. The average molecular weight is 357 g/mol. The normalized spacial score (nSPS) is 26.3. The molecule has 1 unspecified atom stereocenters. The van der Waals surface area contributed by atoms with E-state index < -0.39 is 0 Å². The fourth-order valence-corrected chi connectivity index (χ4v) is 4.43. The molecule has 0 N–H and O–H groups in total. The van der Waals surface area contributed by atoms with Crippen molar-refractivity contribution < 1.29 is 14.3 Å². The summed E-state index contributed by atoms with van der Waals surface area (Å²) in [5.74, 6) is 1.50. The van der Waals surface area contributed by atoms with Crippen LogP contribution in [0.5, 0.6) is 5.88 Å². The molecule has 1 spiro atoms. The molecule has 26 heavy (non-hydrogen) atoms. The van der Waals surface area contributed by atoms with Crippen molar-refractivity contribution in [1.82, 2.24) is 14.8 Å². The number of nitrogens with zero attached hydrogens (tertiary/aromatic N) is 3. The Morgan fingerprint density at radius 1 is 1.35 bits per heavy atom. The SMILES string of the molecule is COc1cc(C(=O)N2CCCC3(CCC(=O)N(CC4CC4)C3)C2)ccn1. The second kappa shape index (κ2) is 6.89. The molecule has 3 aliphatic rings. The zero-order valence-electron chi connectivity index (χ0n) is 15.4. The van der Waals surface area contributed by atoms with E-state index in [4.69, 9.17) is 4.74 Å². The van der Waals surface area contributed by atoms with Gasteiger partial charge >= 0.3 is 0 Å². The van der Waals surface area contributed by atoms with Crippen LogP contribution in [0.2, 0.25) is 0 Å². The number of piperidine rings is 2. The standard InChI is InChI=1S/C20H27N3O3/c1-26-17-11-16(6-9-21-17)19(25)22-10-2-7-20(13-22)8-5-18(24)23(14-20)12-15-3-4-15/h6,9,11,15H,2-5,7-8,10,12-14H2,1H3. The number of rotatable bonds is 4. The van der Waals surface area contributed by atoms with E-state index in [-0.39, 0.29) is 11.3 Å². The van der Waals surface area contributed by atoms with Gasteiger partial charge < -0.3 is 14.5 Å². The van der Waals surface area contributed by atoms with Crippen molar-refractivity contribution in [3.8, 4) is 5.88 Å². The minimum Gasteiger partial charge on any atom is -0.481 e. The second-order valence-electron chi connectivity index (χ2n) is 8.13. The minimum absolute atomic E-state index is 0.0374. The third kappa shape index (κ3) is 3.55. The van der Waals surface area contributed by atoms with E-state index in [0.717, 1.165) is 45.4 Å². The molecule has 0 bridgehead atoms. The third-order valence-electron chi connectivity index (χ3n) is 6.06. The highest BCUT2D eigenvalue weighted by atomic mass is 16.5. The molecule has 140 valence electrons. The Bertz CT molecular complexity index is 703. The number of carbonyl (C=O) groups is 2. The Hall–Kier alpha value is -2.11. The smallest absolute Gasteiger partial charge is 0.254 e. The van der Waals surface area contributed by atoms with Gasteiger partial charge in [-0.3, -0.25) is 9.59 Å². The van der Waals surface area contributed by atoms with Crippen LogP contribution in [0.1, 0.15) is 48.9 Å². The largest absolute Gasteiger partial charge is 0.481 e. The van der Waals surface area contributed by atoms with E-state index in [9.17, 15) is 9.59 Å². The molecule has 3 heterocycles. The first-order chi connectivity index (χ1) is 12.6. The Morgan fingerprint density at radius 3 is 2.96 bits per heavy atom. The highest BCUT2D eigenvalue weighted by Crippen LogP contribution is 2.41. The van der Waals surface area contributed by atoms with E-state index in [1.165, 1.54) is 12.8 Å². The fourth-order valence-electron chi connectivity index (χ4n) is 4.43. The zero-order valence-corrected chi connectivity index (χ0v) is 15.4. The molecular weight excluding hydrogens is 330 g/mol. The van der Waals surface area contributed by atoms with Gasteiger partial charge in [-0.15, -0.1) is 0 Å². The summed E-state index contributed by atoms with van der Waals surface area (Å²) in [4.78, 5) is 33.4. The number of ether oxygens (including phenoxy) is 1. The maximum absolute atomic E-state index is 13.0. The van der Waals surface area contributed by atoms with Crippen LogP contribution in [-0.2, 0) is 4.79 Å². The first-order valence-corrected chi connectivity index (χ1v) is 9.66. The third-order valence-corrected chi connectivity index (χ3v) is 6.06. The van der Waals surface area contributed by atoms with Crippen molar-refractivity contribution in [2.45, 2.75) is 38.5 Å². The fraction of sp³-hybridized carbons (Fsp3) is 0.650. The molecule has 0 radical (unpaired) electrons. The monoisotopic (exact) mass is 357 g/mol. The van der Waals surface area contributed by atoms with Gasteiger partial charge in [0.2, 0.25) is 11.8 Å². The number of likely N-dealkylation sites (tertiary alicyclic amines) is 2. The van der Waals surface area contributed by atoms with Crippen molar-refractivity contribution in [3.63, 3.8) is 0 Å². The number of aromatic nitrogens is 1. The first kappa shape index (κ1) is 17.3. The van der Waals surface area contributed by atoms with Crippen molar-refractivity contribution in [3.05, 3.63) is 23.9 Å².